The van der Waals surface area contributed by atoms with Crippen molar-refractivity contribution in [3.05, 3.63) is 59.0 Å². The third-order valence-corrected chi connectivity index (χ3v) is 5.24. The number of hydrogen-bond acceptors (Lipinski definition) is 6. The van der Waals surface area contributed by atoms with E-state index >= 15 is 0 Å². The van der Waals surface area contributed by atoms with Gasteiger partial charge in [-0.05, 0) is 37.6 Å². The molecule has 0 radical (unpaired) electrons. The van der Waals surface area contributed by atoms with Crippen LogP contribution >= 0.6 is 11.8 Å². The second-order valence-corrected chi connectivity index (χ2v) is 6.93. The van der Waals surface area contributed by atoms with Crippen LogP contribution in [0, 0.1) is 13.8 Å². The molecule has 0 bridgehead atoms. The molecular formula is C19H17N3O3S. The molecule has 0 unspecified atom stereocenters. The first-order chi connectivity index (χ1) is 12.6. The van der Waals surface area contributed by atoms with E-state index in [9.17, 15) is 4.79 Å². The molecule has 6 nitrogen and oxygen atoms in total. The average molecular weight is 367 g/mol. The number of carbonyl (C=O) groups is 1. The quantitative estimate of drug-likeness (QED) is 0.398. The van der Waals surface area contributed by atoms with Crippen LogP contribution in [0.5, 0.6) is 0 Å². The minimum atomic E-state index is -0.392. The average Bonchev–Trinajstić information content (AvgIpc) is 3.23. The van der Waals surface area contributed by atoms with Gasteiger partial charge in [-0.1, -0.05) is 30.0 Å². The number of pyridine rings is 1. The zero-order chi connectivity index (χ0) is 18.3. The molecule has 0 spiro atoms. The summed E-state index contributed by atoms with van der Waals surface area (Å²) in [5.74, 6) is 1.40. The maximum absolute atomic E-state index is 11.7. The van der Waals surface area contributed by atoms with Gasteiger partial charge in [0.25, 0.3) is 0 Å². The van der Waals surface area contributed by atoms with E-state index in [1.54, 1.807) is 13.0 Å². The molecule has 0 N–H and O–H groups in total. The summed E-state index contributed by atoms with van der Waals surface area (Å²) < 4.78 is 12.5. The Kier molecular flexibility index (Phi) is 4.16. The van der Waals surface area contributed by atoms with Gasteiger partial charge in [0, 0.05) is 5.39 Å². The van der Waals surface area contributed by atoms with Crippen molar-refractivity contribution in [3.8, 4) is 0 Å². The van der Waals surface area contributed by atoms with E-state index in [1.807, 2.05) is 22.6 Å². The number of benzene rings is 1. The molecule has 0 fully saturated rings. The van der Waals surface area contributed by atoms with Crippen molar-refractivity contribution in [1.29, 1.82) is 0 Å². The van der Waals surface area contributed by atoms with Crippen LogP contribution < -0.4 is 0 Å². The lowest BCUT2D eigenvalue weighted by Gasteiger charge is -2.06. The second-order valence-electron chi connectivity index (χ2n) is 5.98. The third kappa shape index (κ3) is 2.74. The number of aromatic nitrogens is 3. The topological polar surface area (TPSA) is 69.6 Å². The fraction of sp³-hybridized carbons (Fsp3) is 0.211. The summed E-state index contributed by atoms with van der Waals surface area (Å²) in [6.07, 6.45) is 0. The van der Waals surface area contributed by atoms with E-state index in [-0.39, 0.29) is 0 Å². The Morgan fingerprint density at radius 3 is 2.85 bits per heavy atom. The normalized spacial score (nSPS) is 11.3. The molecule has 0 aliphatic heterocycles. The number of para-hydroxylation sites is 1. The minimum absolute atomic E-state index is 0.392. The van der Waals surface area contributed by atoms with Crippen LogP contribution in [0.3, 0.4) is 0 Å². The molecule has 7 heteroatoms. The molecule has 26 heavy (non-hydrogen) atoms. The van der Waals surface area contributed by atoms with Crippen molar-refractivity contribution in [2.24, 2.45) is 0 Å². The maximum Gasteiger partial charge on any atom is 0.341 e. The summed E-state index contributed by atoms with van der Waals surface area (Å²) in [6.45, 7) is 3.83. The Hall–Kier alpha value is -2.80. The molecular weight excluding hydrogens is 350 g/mol. The van der Waals surface area contributed by atoms with E-state index in [0.29, 0.717) is 22.8 Å². The summed E-state index contributed by atoms with van der Waals surface area (Å²) in [6, 6.07) is 11.9. The molecule has 0 amide bonds. The minimum Gasteiger partial charge on any atom is -0.465 e. The highest BCUT2D eigenvalue weighted by molar-refractivity contribution is 7.98. The van der Waals surface area contributed by atoms with Gasteiger partial charge in [-0.3, -0.25) is 4.40 Å². The SMILES string of the molecule is COC(=O)c1cc(CSc2nnc3cc(C)c4ccccc4n23)oc1C. The molecule has 4 aromatic rings. The van der Waals surface area contributed by atoms with Gasteiger partial charge in [-0.15, -0.1) is 10.2 Å². The lowest BCUT2D eigenvalue weighted by atomic mass is 10.1. The standard InChI is InChI=1S/C19H17N3O3S/c1-11-8-17-20-21-19(22(17)16-7-5-4-6-14(11)16)26-10-13-9-15(12(2)25-13)18(23)24-3/h4-9H,10H2,1-3H3. The number of carbonyl (C=O) groups excluding carboxylic acids is 1. The summed E-state index contributed by atoms with van der Waals surface area (Å²) in [7, 11) is 1.36. The Balaban J connectivity index is 1.68. The first-order valence-corrected chi connectivity index (χ1v) is 9.11. The van der Waals surface area contributed by atoms with E-state index < -0.39 is 5.97 Å². The van der Waals surface area contributed by atoms with Crippen LogP contribution in [0.15, 0.2) is 46.0 Å². The third-order valence-electron chi connectivity index (χ3n) is 4.29. The second kappa shape index (κ2) is 6.49. The van der Waals surface area contributed by atoms with E-state index in [1.165, 1.54) is 29.8 Å². The number of aryl methyl sites for hydroxylation is 2. The first kappa shape index (κ1) is 16.7. The van der Waals surface area contributed by atoms with Crippen molar-refractivity contribution in [2.75, 3.05) is 7.11 Å². The number of ether oxygens (including phenoxy) is 1. The molecule has 1 aromatic carbocycles. The number of rotatable bonds is 4. The number of fused-ring (bicyclic) bond motifs is 3. The van der Waals surface area contributed by atoms with Crippen LogP contribution in [0.1, 0.15) is 27.4 Å². The Labute approximate surface area is 154 Å². The number of thioether (sulfide) groups is 1. The van der Waals surface area contributed by atoms with Gasteiger partial charge in [0.05, 0.1) is 18.4 Å². The van der Waals surface area contributed by atoms with E-state index in [4.69, 9.17) is 9.15 Å². The van der Waals surface area contributed by atoms with Gasteiger partial charge >= 0.3 is 5.97 Å². The number of furan rings is 1. The summed E-state index contributed by atoms with van der Waals surface area (Å²) in [5.41, 5.74) is 3.51. The molecule has 4 rings (SSSR count). The highest BCUT2D eigenvalue weighted by Gasteiger charge is 2.17. The molecule has 0 atom stereocenters. The van der Waals surface area contributed by atoms with Crippen LogP contribution in [-0.4, -0.2) is 27.7 Å². The van der Waals surface area contributed by atoms with Crippen LogP contribution in [0.25, 0.3) is 16.6 Å². The van der Waals surface area contributed by atoms with Crippen molar-refractivity contribution >= 4 is 34.3 Å². The molecule has 3 heterocycles. The molecule has 132 valence electrons. The predicted molar refractivity (Wildman–Crippen MR) is 99.6 cm³/mol. The fourth-order valence-corrected chi connectivity index (χ4v) is 3.86. The first-order valence-electron chi connectivity index (χ1n) is 8.12. The van der Waals surface area contributed by atoms with Crippen molar-refractivity contribution in [2.45, 2.75) is 24.8 Å². The summed E-state index contributed by atoms with van der Waals surface area (Å²) >= 11 is 1.52. The van der Waals surface area contributed by atoms with Crippen molar-refractivity contribution in [3.63, 3.8) is 0 Å². The summed E-state index contributed by atoms with van der Waals surface area (Å²) in [5, 5.41) is 10.6. The Bertz CT molecular complexity index is 1130. The highest BCUT2D eigenvalue weighted by atomic mass is 32.2. The zero-order valence-corrected chi connectivity index (χ0v) is 15.5. The fourth-order valence-electron chi connectivity index (χ4n) is 3.03. The van der Waals surface area contributed by atoms with Crippen LogP contribution in [0.2, 0.25) is 0 Å². The number of hydrogen-bond donors (Lipinski definition) is 0. The van der Waals surface area contributed by atoms with Gasteiger partial charge < -0.3 is 9.15 Å². The molecule has 0 saturated heterocycles. The van der Waals surface area contributed by atoms with Crippen molar-refractivity contribution < 1.29 is 13.9 Å². The number of esters is 1. The lowest BCUT2D eigenvalue weighted by molar-refractivity contribution is 0.0599. The predicted octanol–water partition coefficient (Wildman–Crippen LogP) is 4.17. The van der Waals surface area contributed by atoms with E-state index in [0.717, 1.165) is 16.3 Å². The van der Waals surface area contributed by atoms with Gasteiger partial charge in [0.2, 0.25) is 0 Å². The number of methoxy groups -OCH3 is 1. The van der Waals surface area contributed by atoms with Crippen molar-refractivity contribution in [1.82, 2.24) is 14.6 Å². The summed E-state index contributed by atoms with van der Waals surface area (Å²) in [4.78, 5) is 11.7. The van der Waals surface area contributed by atoms with Gasteiger partial charge in [0.15, 0.2) is 10.8 Å². The largest absolute Gasteiger partial charge is 0.465 e. The van der Waals surface area contributed by atoms with Gasteiger partial charge in [-0.2, -0.15) is 0 Å². The zero-order valence-electron chi connectivity index (χ0n) is 14.6. The van der Waals surface area contributed by atoms with Crippen LogP contribution in [0.4, 0.5) is 0 Å². The maximum atomic E-state index is 11.7. The van der Waals surface area contributed by atoms with E-state index in [2.05, 4.69) is 29.3 Å². The molecule has 3 aromatic heterocycles. The lowest BCUT2D eigenvalue weighted by Crippen LogP contribution is -2.00. The monoisotopic (exact) mass is 367 g/mol. The molecule has 0 aliphatic rings. The Morgan fingerprint density at radius 1 is 1.23 bits per heavy atom. The smallest absolute Gasteiger partial charge is 0.341 e. The van der Waals surface area contributed by atoms with Gasteiger partial charge in [-0.25, -0.2) is 4.79 Å². The molecule has 0 aliphatic carbocycles. The Morgan fingerprint density at radius 2 is 2.04 bits per heavy atom. The van der Waals surface area contributed by atoms with Gasteiger partial charge in [0.1, 0.15) is 17.1 Å². The highest BCUT2D eigenvalue weighted by Crippen LogP contribution is 2.28. The molecule has 0 saturated carbocycles. The number of nitrogens with zero attached hydrogens (tertiary/aromatic N) is 3. The van der Waals surface area contributed by atoms with Crippen LogP contribution in [-0.2, 0) is 10.5 Å².